The van der Waals surface area contributed by atoms with E-state index in [1.165, 1.54) is 71.3 Å². The predicted octanol–water partition coefficient (Wildman–Crippen LogP) is 8.43. The maximum Gasteiger partial charge on any atom is 0.224 e. The van der Waals surface area contributed by atoms with Crippen molar-refractivity contribution in [1.82, 2.24) is 9.38 Å². The molecule has 0 aliphatic carbocycles. The normalized spacial score (nSPS) is 12.5. The minimum absolute atomic E-state index is 0.439. The summed E-state index contributed by atoms with van der Waals surface area (Å²) in [5, 5.41) is 6.36. The molecule has 0 unspecified atom stereocenters. The number of pyridine rings is 3. The van der Waals surface area contributed by atoms with Crippen LogP contribution in [0.2, 0.25) is 0 Å². The second kappa shape index (κ2) is 7.76. The number of aryl methyl sites for hydroxylation is 2. The Bertz CT molecular complexity index is 1980. The summed E-state index contributed by atoms with van der Waals surface area (Å²) in [6.07, 6.45) is 4.14. The van der Waals surface area contributed by atoms with Crippen LogP contribution in [0, 0.1) is 6.92 Å². The Morgan fingerprint density at radius 3 is 2.30 bits per heavy atom. The number of hydrogen-bond acceptors (Lipinski definition) is 1. The molecular weight excluding hydrogens is 450 g/mol. The molecular formula is C34H32N3+. The topological polar surface area (TPSA) is 21.2 Å². The molecule has 3 nitrogen and oxygen atoms in total. The highest BCUT2D eigenvalue weighted by Crippen LogP contribution is 2.43. The van der Waals surface area contributed by atoms with Crippen molar-refractivity contribution in [1.29, 1.82) is 0 Å². The molecule has 3 aromatic carbocycles. The van der Waals surface area contributed by atoms with Crippen LogP contribution in [0.5, 0.6) is 0 Å². The van der Waals surface area contributed by atoms with Gasteiger partial charge >= 0.3 is 0 Å². The average Bonchev–Trinajstić information content (AvgIpc) is 3.23. The zero-order chi connectivity index (χ0) is 25.6. The Hall–Kier alpha value is -3.98. The molecule has 0 aliphatic heterocycles. The summed E-state index contributed by atoms with van der Waals surface area (Å²) >= 11 is 0. The number of nitrogens with zero attached hydrogens (tertiary/aromatic N) is 3. The highest BCUT2D eigenvalue weighted by atomic mass is 15.0. The molecule has 7 aromatic rings. The maximum absolute atomic E-state index is 4.93. The maximum atomic E-state index is 4.93. The van der Waals surface area contributed by atoms with Crippen molar-refractivity contribution in [2.24, 2.45) is 7.05 Å². The SMILES string of the molecule is Cc1ccc2c3cccnc3n3c4cc(-c5c(C(C)C)cccc5C(C)C)cc5cc[n+](C)c(c1c23)c54. The molecule has 4 heterocycles. The summed E-state index contributed by atoms with van der Waals surface area (Å²) in [7, 11) is 2.17. The summed E-state index contributed by atoms with van der Waals surface area (Å²) in [4.78, 5) is 4.93. The van der Waals surface area contributed by atoms with Crippen molar-refractivity contribution >= 4 is 49.1 Å². The molecule has 4 aromatic heterocycles. The van der Waals surface area contributed by atoms with Gasteiger partial charge in [0.1, 0.15) is 12.7 Å². The Morgan fingerprint density at radius 2 is 1.57 bits per heavy atom. The van der Waals surface area contributed by atoms with Crippen LogP contribution >= 0.6 is 0 Å². The van der Waals surface area contributed by atoms with Crippen molar-refractivity contribution in [3.8, 4) is 11.1 Å². The quantitative estimate of drug-likeness (QED) is 0.141. The monoisotopic (exact) mass is 482 g/mol. The lowest BCUT2D eigenvalue weighted by molar-refractivity contribution is -0.643. The summed E-state index contributed by atoms with van der Waals surface area (Å²) in [5.41, 5.74) is 11.6. The second-order valence-corrected chi connectivity index (χ2v) is 11.2. The van der Waals surface area contributed by atoms with E-state index in [0.29, 0.717) is 11.8 Å². The van der Waals surface area contributed by atoms with Crippen molar-refractivity contribution < 1.29 is 4.57 Å². The minimum Gasteiger partial charge on any atom is -0.292 e. The van der Waals surface area contributed by atoms with E-state index in [-0.39, 0.29) is 0 Å². The zero-order valence-electron chi connectivity index (χ0n) is 22.4. The Kier molecular flexibility index (Phi) is 4.66. The average molecular weight is 483 g/mol. The Labute approximate surface area is 217 Å². The van der Waals surface area contributed by atoms with Crippen LogP contribution in [0.3, 0.4) is 0 Å². The molecule has 37 heavy (non-hydrogen) atoms. The van der Waals surface area contributed by atoms with E-state index in [9.17, 15) is 0 Å². The largest absolute Gasteiger partial charge is 0.292 e. The van der Waals surface area contributed by atoms with Crippen molar-refractivity contribution in [3.05, 3.63) is 89.7 Å². The number of hydrogen-bond donors (Lipinski definition) is 0. The van der Waals surface area contributed by atoms with E-state index < -0.39 is 0 Å². The number of rotatable bonds is 3. The minimum atomic E-state index is 0.439. The first-order valence-electron chi connectivity index (χ1n) is 13.4. The highest BCUT2D eigenvalue weighted by molar-refractivity contribution is 6.25. The third-order valence-corrected chi connectivity index (χ3v) is 8.25. The van der Waals surface area contributed by atoms with Gasteiger partial charge in [-0.2, -0.15) is 0 Å². The van der Waals surface area contributed by atoms with Gasteiger partial charge in [-0.15, -0.1) is 0 Å². The van der Waals surface area contributed by atoms with Gasteiger partial charge in [0.15, 0.2) is 6.20 Å². The molecule has 0 bridgehead atoms. The van der Waals surface area contributed by atoms with Crippen LogP contribution in [0.4, 0.5) is 0 Å². The molecule has 0 radical (unpaired) electrons. The third kappa shape index (κ3) is 2.94. The lowest BCUT2D eigenvalue weighted by Gasteiger charge is -2.21. The van der Waals surface area contributed by atoms with Crippen molar-refractivity contribution in [2.75, 3.05) is 0 Å². The standard InChI is InChI=1S/C34H32N3/c1-19(2)24-9-7-10-25(20(3)4)30(24)23-17-22-14-16-36(6)33-29-21(5)12-13-26-27-11-8-15-35-34(27)37(32(26)29)28(18-23)31(22)33/h7-20H,1-6H3/q+1. The van der Waals surface area contributed by atoms with E-state index in [1.807, 2.05) is 6.20 Å². The van der Waals surface area contributed by atoms with E-state index in [4.69, 9.17) is 4.98 Å². The predicted molar refractivity (Wildman–Crippen MR) is 156 cm³/mol. The molecule has 0 spiro atoms. The van der Waals surface area contributed by atoms with Crippen LogP contribution in [0.25, 0.3) is 60.3 Å². The zero-order valence-corrected chi connectivity index (χ0v) is 22.4. The van der Waals surface area contributed by atoms with Gasteiger partial charge in [0, 0.05) is 23.0 Å². The summed E-state index contributed by atoms with van der Waals surface area (Å²) in [6, 6.07) is 22.8. The molecule has 0 aliphatic rings. The van der Waals surface area contributed by atoms with Crippen LogP contribution in [-0.4, -0.2) is 9.38 Å². The fraction of sp³-hybridized carbons (Fsp3) is 0.235. The first kappa shape index (κ1) is 22.2. The summed E-state index contributed by atoms with van der Waals surface area (Å²) in [5.74, 6) is 0.878. The lowest BCUT2D eigenvalue weighted by atomic mass is 9.84. The molecule has 0 atom stereocenters. The first-order chi connectivity index (χ1) is 17.9. The number of aromatic nitrogens is 3. The highest BCUT2D eigenvalue weighted by Gasteiger charge is 2.25. The lowest BCUT2D eigenvalue weighted by Crippen LogP contribution is -2.29. The number of fused-ring (bicyclic) bond motifs is 5. The van der Waals surface area contributed by atoms with Crippen LogP contribution in [0.15, 0.2) is 73.1 Å². The molecule has 0 saturated heterocycles. The Balaban J connectivity index is 1.78. The fourth-order valence-corrected chi connectivity index (χ4v) is 6.55. The van der Waals surface area contributed by atoms with Gasteiger partial charge in [-0.3, -0.25) is 4.40 Å². The van der Waals surface area contributed by atoms with Gasteiger partial charge in [-0.25, -0.2) is 9.55 Å². The van der Waals surface area contributed by atoms with E-state index in [2.05, 4.69) is 117 Å². The van der Waals surface area contributed by atoms with E-state index in [1.54, 1.807) is 0 Å². The molecule has 0 N–H and O–H groups in total. The van der Waals surface area contributed by atoms with Crippen molar-refractivity contribution in [3.63, 3.8) is 0 Å². The van der Waals surface area contributed by atoms with Crippen LogP contribution in [-0.2, 0) is 7.05 Å². The van der Waals surface area contributed by atoms with Gasteiger partial charge in [-0.1, -0.05) is 58.0 Å². The molecule has 0 saturated carbocycles. The molecule has 0 amide bonds. The molecule has 7 rings (SSSR count). The van der Waals surface area contributed by atoms with Crippen LogP contribution < -0.4 is 4.57 Å². The summed E-state index contributed by atoms with van der Waals surface area (Å²) < 4.78 is 4.72. The van der Waals surface area contributed by atoms with Crippen LogP contribution in [0.1, 0.15) is 56.2 Å². The van der Waals surface area contributed by atoms with E-state index >= 15 is 0 Å². The summed E-state index contributed by atoms with van der Waals surface area (Å²) in [6.45, 7) is 11.4. The van der Waals surface area contributed by atoms with Gasteiger partial charge < -0.3 is 0 Å². The molecule has 0 fully saturated rings. The smallest absolute Gasteiger partial charge is 0.224 e. The van der Waals surface area contributed by atoms with E-state index in [0.717, 1.165) is 5.65 Å². The molecule has 3 heteroatoms. The van der Waals surface area contributed by atoms with Gasteiger partial charge in [0.05, 0.1) is 21.8 Å². The van der Waals surface area contributed by atoms with Gasteiger partial charge in [0.25, 0.3) is 0 Å². The number of benzene rings is 3. The Morgan fingerprint density at radius 1 is 0.811 bits per heavy atom. The van der Waals surface area contributed by atoms with Crippen molar-refractivity contribution in [2.45, 2.75) is 46.5 Å². The van der Waals surface area contributed by atoms with Gasteiger partial charge in [-0.05, 0) is 76.2 Å². The fourth-order valence-electron chi connectivity index (χ4n) is 6.55. The third-order valence-electron chi connectivity index (χ3n) is 8.25. The molecule has 182 valence electrons. The first-order valence-corrected chi connectivity index (χ1v) is 13.4. The second-order valence-electron chi connectivity index (χ2n) is 11.2. The van der Waals surface area contributed by atoms with Gasteiger partial charge in [0.2, 0.25) is 5.52 Å².